The lowest BCUT2D eigenvalue weighted by Crippen LogP contribution is -2.50. The van der Waals surface area contributed by atoms with Crippen LogP contribution < -0.4 is 0 Å². The predicted octanol–water partition coefficient (Wildman–Crippen LogP) is 3.67. The molecule has 0 heterocycles. The Morgan fingerprint density at radius 3 is 1.56 bits per heavy atom. The quantitative estimate of drug-likeness (QED) is 0.201. The maximum Gasteiger partial charge on any atom is 0.500 e. The molecular weight excluding hydrogens is 384 g/mol. The first kappa shape index (κ1) is 26.4. The van der Waals surface area contributed by atoms with Crippen LogP contribution in [0.2, 0.25) is 18.1 Å². The minimum absolute atomic E-state index is 0.240. The Labute approximate surface area is 166 Å². The molecule has 0 aromatic heterocycles. The summed E-state index contributed by atoms with van der Waals surface area (Å²) in [7, 11) is -5.40. The molecule has 9 heteroatoms. The SMILES string of the molecule is C=C(C)C(=O)OCC[Si](CC[Si](OCC)(OCC)OCC)(OCC)OCC. The number of carbonyl (C=O) groups excluding carboxylic acids is 1. The van der Waals surface area contributed by atoms with Crippen molar-refractivity contribution in [1.29, 1.82) is 0 Å². The Hall–Kier alpha value is -0.556. The highest BCUT2D eigenvalue weighted by Gasteiger charge is 2.46. The van der Waals surface area contributed by atoms with E-state index in [1.54, 1.807) is 6.92 Å². The van der Waals surface area contributed by atoms with Crippen LogP contribution in [0.15, 0.2) is 12.2 Å². The number of ether oxygens (including phenoxy) is 1. The van der Waals surface area contributed by atoms with Crippen LogP contribution in [0.3, 0.4) is 0 Å². The second-order valence-electron chi connectivity index (χ2n) is 5.93. The van der Waals surface area contributed by atoms with E-state index in [1.807, 2.05) is 34.6 Å². The van der Waals surface area contributed by atoms with E-state index >= 15 is 0 Å². The lowest BCUT2D eigenvalue weighted by molar-refractivity contribution is -0.138. The van der Waals surface area contributed by atoms with E-state index < -0.39 is 23.3 Å². The van der Waals surface area contributed by atoms with Gasteiger partial charge in [-0.1, -0.05) is 6.58 Å². The fraction of sp³-hybridized carbons (Fsp3) is 0.833. The molecule has 0 aliphatic carbocycles. The van der Waals surface area contributed by atoms with E-state index in [4.69, 9.17) is 26.9 Å². The molecule has 0 amide bonds. The van der Waals surface area contributed by atoms with Gasteiger partial charge in [0.2, 0.25) is 0 Å². The van der Waals surface area contributed by atoms with Crippen molar-refractivity contribution in [3.8, 4) is 0 Å². The van der Waals surface area contributed by atoms with Crippen molar-refractivity contribution in [3.05, 3.63) is 12.2 Å². The van der Waals surface area contributed by atoms with E-state index in [1.165, 1.54) is 0 Å². The molecule has 7 nitrogen and oxygen atoms in total. The first-order valence-corrected chi connectivity index (χ1v) is 14.0. The first-order valence-electron chi connectivity index (χ1n) is 9.86. The standard InChI is InChI=1S/C18H38O7Si2/c1-8-21-26(22-9-2,14-13-20-18(19)17(6)7)15-16-27(23-10-3,24-11-4)25-12-5/h6,8-16H2,1-5,7H3. The summed E-state index contributed by atoms with van der Waals surface area (Å²) in [6, 6.07) is 1.82. The minimum Gasteiger partial charge on any atom is -0.462 e. The molecule has 0 saturated carbocycles. The van der Waals surface area contributed by atoms with E-state index in [-0.39, 0.29) is 6.61 Å². The molecule has 0 aromatic rings. The van der Waals surface area contributed by atoms with Crippen molar-refractivity contribution >= 4 is 23.3 Å². The van der Waals surface area contributed by atoms with Gasteiger partial charge in [-0.3, -0.25) is 0 Å². The highest BCUT2D eigenvalue weighted by atomic mass is 28.4. The highest BCUT2D eigenvalue weighted by molar-refractivity contribution is 6.70. The van der Waals surface area contributed by atoms with Crippen molar-refractivity contribution in [2.75, 3.05) is 39.6 Å². The molecule has 0 radical (unpaired) electrons. The van der Waals surface area contributed by atoms with E-state index in [0.29, 0.717) is 56.7 Å². The van der Waals surface area contributed by atoms with E-state index in [9.17, 15) is 4.79 Å². The van der Waals surface area contributed by atoms with Gasteiger partial charge in [-0.15, -0.1) is 0 Å². The summed E-state index contributed by atoms with van der Waals surface area (Å²) in [6.07, 6.45) is 0. The fourth-order valence-corrected chi connectivity index (χ4v) is 9.88. The third-order valence-corrected chi connectivity index (χ3v) is 10.9. The maximum absolute atomic E-state index is 11.7. The predicted molar refractivity (Wildman–Crippen MR) is 110 cm³/mol. The van der Waals surface area contributed by atoms with Crippen molar-refractivity contribution in [1.82, 2.24) is 0 Å². The fourth-order valence-electron chi connectivity index (χ4n) is 2.75. The molecule has 0 aliphatic rings. The van der Waals surface area contributed by atoms with Crippen molar-refractivity contribution in [3.63, 3.8) is 0 Å². The zero-order chi connectivity index (χ0) is 20.8. The van der Waals surface area contributed by atoms with Crippen LogP contribution in [0.5, 0.6) is 0 Å². The largest absolute Gasteiger partial charge is 0.500 e. The first-order chi connectivity index (χ1) is 12.8. The van der Waals surface area contributed by atoms with E-state index in [2.05, 4.69) is 6.58 Å². The topological polar surface area (TPSA) is 72.5 Å². The zero-order valence-corrected chi connectivity index (χ0v) is 19.9. The van der Waals surface area contributed by atoms with Crippen molar-refractivity contribution < 1.29 is 31.7 Å². The van der Waals surface area contributed by atoms with Gasteiger partial charge in [-0.25, -0.2) is 4.79 Å². The molecule has 0 saturated heterocycles. The highest BCUT2D eigenvalue weighted by Crippen LogP contribution is 2.28. The Morgan fingerprint density at radius 1 is 0.741 bits per heavy atom. The second kappa shape index (κ2) is 14.4. The Balaban J connectivity index is 5.23. The molecule has 0 N–H and O–H groups in total. The molecule has 0 rings (SSSR count). The summed E-state index contributed by atoms with van der Waals surface area (Å²) in [5.74, 6) is -0.396. The number of hydrogen-bond acceptors (Lipinski definition) is 7. The van der Waals surface area contributed by atoms with Gasteiger partial charge in [0.1, 0.15) is 0 Å². The van der Waals surface area contributed by atoms with E-state index in [0.717, 1.165) is 0 Å². The van der Waals surface area contributed by atoms with Crippen LogP contribution in [-0.4, -0.2) is 63.0 Å². The minimum atomic E-state index is -2.79. The Kier molecular flexibility index (Phi) is 14.1. The van der Waals surface area contributed by atoms with Crippen LogP contribution in [0.4, 0.5) is 0 Å². The van der Waals surface area contributed by atoms with Crippen molar-refractivity contribution in [2.45, 2.75) is 59.7 Å². The molecule has 0 bridgehead atoms. The Bertz CT molecular complexity index is 409. The molecule has 0 aliphatic heterocycles. The maximum atomic E-state index is 11.7. The monoisotopic (exact) mass is 422 g/mol. The molecular formula is C18H38O7Si2. The normalized spacial score (nSPS) is 12.2. The van der Waals surface area contributed by atoms with Crippen LogP contribution in [0.25, 0.3) is 0 Å². The Morgan fingerprint density at radius 2 is 1.19 bits per heavy atom. The molecule has 0 atom stereocenters. The van der Waals surface area contributed by atoms with Crippen molar-refractivity contribution in [2.24, 2.45) is 0 Å². The summed E-state index contributed by atoms with van der Waals surface area (Å²) in [6.45, 7) is 17.8. The molecule has 0 spiro atoms. The van der Waals surface area contributed by atoms with Crippen LogP contribution in [0.1, 0.15) is 41.5 Å². The van der Waals surface area contributed by atoms with Gasteiger partial charge in [0, 0.05) is 50.7 Å². The summed E-state index contributed by atoms with van der Waals surface area (Å²) in [5.41, 5.74) is 0.380. The van der Waals surface area contributed by atoms with Crippen LogP contribution in [-0.2, 0) is 31.7 Å². The zero-order valence-electron chi connectivity index (χ0n) is 17.9. The summed E-state index contributed by atoms with van der Waals surface area (Å²) >= 11 is 0. The number of carbonyl (C=O) groups is 1. The summed E-state index contributed by atoms with van der Waals surface area (Å²) < 4.78 is 35.3. The molecule has 27 heavy (non-hydrogen) atoms. The van der Waals surface area contributed by atoms with Gasteiger partial charge >= 0.3 is 23.3 Å². The smallest absolute Gasteiger partial charge is 0.462 e. The molecule has 0 unspecified atom stereocenters. The lowest BCUT2D eigenvalue weighted by Gasteiger charge is -2.34. The van der Waals surface area contributed by atoms with Gasteiger partial charge < -0.3 is 26.9 Å². The van der Waals surface area contributed by atoms with Gasteiger partial charge in [0.15, 0.2) is 0 Å². The number of rotatable bonds is 17. The number of hydrogen-bond donors (Lipinski definition) is 0. The van der Waals surface area contributed by atoms with Crippen LogP contribution in [0, 0.1) is 0 Å². The van der Waals surface area contributed by atoms with Gasteiger partial charge in [-0.05, 0) is 47.6 Å². The third kappa shape index (κ3) is 9.97. The van der Waals surface area contributed by atoms with Gasteiger partial charge in [0.05, 0.1) is 6.61 Å². The van der Waals surface area contributed by atoms with Crippen LogP contribution >= 0.6 is 0 Å². The van der Waals surface area contributed by atoms with Gasteiger partial charge in [-0.2, -0.15) is 0 Å². The molecule has 0 fully saturated rings. The second-order valence-corrected chi connectivity index (χ2v) is 12.1. The molecule has 0 aromatic carbocycles. The summed E-state index contributed by atoms with van der Waals surface area (Å²) in [5, 5.41) is 0. The van der Waals surface area contributed by atoms with Gasteiger partial charge in [0.25, 0.3) is 0 Å². The average Bonchev–Trinajstić information content (AvgIpc) is 2.61. The number of esters is 1. The third-order valence-electron chi connectivity index (χ3n) is 3.78. The lowest BCUT2D eigenvalue weighted by atomic mass is 10.4. The molecule has 160 valence electrons. The summed E-state index contributed by atoms with van der Waals surface area (Å²) in [4.78, 5) is 11.7. The average molecular weight is 423 g/mol.